The van der Waals surface area contributed by atoms with Gasteiger partial charge in [0.2, 0.25) is 5.88 Å². The number of para-hydroxylation sites is 3. The van der Waals surface area contributed by atoms with Crippen molar-refractivity contribution in [2.45, 2.75) is 46.2 Å². The first-order valence-electron chi connectivity index (χ1n) is 17.8. The van der Waals surface area contributed by atoms with E-state index in [0.717, 1.165) is 17.2 Å². The highest BCUT2D eigenvalue weighted by molar-refractivity contribution is 7.05. The minimum absolute atomic E-state index is 0.00222. The molecular formula is C45H39BN2OSi. The highest BCUT2D eigenvalue weighted by atomic mass is 28.3. The molecule has 1 aromatic heterocycles. The number of furan rings is 1. The first-order chi connectivity index (χ1) is 24.1. The van der Waals surface area contributed by atoms with Crippen molar-refractivity contribution < 1.29 is 4.42 Å². The van der Waals surface area contributed by atoms with Gasteiger partial charge in [0, 0.05) is 39.0 Å². The lowest BCUT2D eigenvalue weighted by Crippen LogP contribution is -2.68. The molecule has 0 saturated heterocycles. The van der Waals surface area contributed by atoms with Crippen LogP contribution in [0.25, 0.3) is 33.2 Å². The number of rotatable bonds is 2. The van der Waals surface area contributed by atoms with Crippen LogP contribution in [-0.2, 0) is 5.41 Å². The second kappa shape index (κ2) is 10.1. The van der Waals surface area contributed by atoms with Gasteiger partial charge < -0.3 is 9.23 Å². The Balaban J connectivity index is 1.36. The molecule has 3 aliphatic heterocycles. The summed E-state index contributed by atoms with van der Waals surface area (Å²) in [6, 6.07) is 47.6. The van der Waals surface area contributed by atoms with E-state index in [9.17, 15) is 0 Å². The Morgan fingerprint density at radius 1 is 0.620 bits per heavy atom. The van der Waals surface area contributed by atoms with Crippen LogP contribution in [0.1, 0.15) is 31.9 Å². The van der Waals surface area contributed by atoms with E-state index >= 15 is 0 Å². The molecular weight excluding hydrogens is 623 g/mol. The van der Waals surface area contributed by atoms with Crippen molar-refractivity contribution in [3.63, 3.8) is 0 Å². The van der Waals surface area contributed by atoms with Gasteiger partial charge in [-0.05, 0) is 80.8 Å². The molecule has 0 atom stereocenters. The molecule has 6 aromatic carbocycles. The number of fused-ring (bicyclic) bond motifs is 8. The highest BCUT2D eigenvalue weighted by Gasteiger charge is 2.52. The molecule has 10 rings (SSSR count). The van der Waals surface area contributed by atoms with Gasteiger partial charge in [0.25, 0.3) is 0 Å². The van der Waals surface area contributed by atoms with Crippen LogP contribution in [0.5, 0.6) is 0 Å². The topological polar surface area (TPSA) is 19.6 Å². The van der Waals surface area contributed by atoms with E-state index in [4.69, 9.17) is 4.42 Å². The van der Waals surface area contributed by atoms with E-state index in [1.165, 1.54) is 77.1 Å². The maximum Gasteiger partial charge on any atom is 0.337 e. The summed E-state index contributed by atoms with van der Waals surface area (Å²) >= 11 is 0. The molecule has 50 heavy (non-hydrogen) atoms. The number of hydrogen-bond donors (Lipinski definition) is 0. The standard InChI is InChI=1S/C45H39BN2OSi/c1-28-25-34-31-18-14-22-40-43(31)48(36-19-11-13-21-39(36)50(40,5)6)46-41(34)37(26-28)47(44-42(46)32-17-10-12-20-38(32)49-44)35-24-23-30(45(2,3)4)27-33(35)29-15-8-7-9-16-29/h7-27H,1-6H3. The minimum atomic E-state index is -2.00. The summed E-state index contributed by atoms with van der Waals surface area (Å²) in [4.78, 5) is 5.12. The Hall–Kier alpha value is -5.26. The number of anilines is 5. The van der Waals surface area contributed by atoms with Crippen molar-refractivity contribution in [2.24, 2.45) is 0 Å². The zero-order chi connectivity index (χ0) is 34.1. The number of aryl methyl sites for hydroxylation is 1. The minimum Gasteiger partial charge on any atom is -0.440 e. The molecule has 242 valence electrons. The van der Waals surface area contributed by atoms with E-state index in [1.54, 1.807) is 0 Å². The van der Waals surface area contributed by atoms with Crippen molar-refractivity contribution in [2.75, 3.05) is 9.71 Å². The molecule has 0 fully saturated rings. The first-order valence-corrected chi connectivity index (χ1v) is 20.8. The summed E-state index contributed by atoms with van der Waals surface area (Å²) in [5.41, 5.74) is 16.1. The molecule has 0 N–H and O–H groups in total. The van der Waals surface area contributed by atoms with Crippen molar-refractivity contribution in [3.8, 4) is 22.3 Å². The fraction of sp³-hybridized carbons (Fsp3) is 0.156. The molecule has 0 amide bonds. The second-order valence-corrected chi connectivity index (χ2v) is 20.2. The van der Waals surface area contributed by atoms with Crippen molar-refractivity contribution in [1.29, 1.82) is 0 Å². The number of hydrogen-bond acceptors (Lipinski definition) is 3. The van der Waals surface area contributed by atoms with Gasteiger partial charge in [0.15, 0.2) is 0 Å². The van der Waals surface area contributed by atoms with Gasteiger partial charge in [0.05, 0.1) is 5.69 Å². The molecule has 0 spiro atoms. The predicted octanol–water partition coefficient (Wildman–Crippen LogP) is 9.55. The lowest BCUT2D eigenvalue weighted by Gasteiger charge is -2.50. The van der Waals surface area contributed by atoms with Gasteiger partial charge in [0.1, 0.15) is 13.7 Å². The molecule has 0 aliphatic carbocycles. The quantitative estimate of drug-likeness (QED) is 0.172. The van der Waals surface area contributed by atoms with Crippen molar-refractivity contribution >= 4 is 75.8 Å². The zero-order valence-corrected chi connectivity index (χ0v) is 30.5. The normalized spacial score (nSPS) is 15.0. The maximum atomic E-state index is 7.10. The third-order valence-corrected chi connectivity index (χ3v) is 15.0. The van der Waals surface area contributed by atoms with E-state index < -0.39 is 8.07 Å². The smallest absolute Gasteiger partial charge is 0.337 e. The average molecular weight is 663 g/mol. The van der Waals surface area contributed by atoms with Gasteiger partial charge >= 0.3 is 6.85 Å². The van der Waals surface area contributed by atoms with Crippen LogP contribution in [-0.4, -0.2) is 14.9 Å². The first kappa shape index (κ1) is 29.6. The monoisotopic (exact) mass is 662 g/mol. The van der Waals surface area contributed by atoms with Gasteiger partial charge in [-0.15, -0.1) is 0 Å². The van der Waals surface area contributed by atoms with Crippen LogP contribution in [0.15, 0.2) is 132 Å². The molecule has 3 nitrogen and oxygen atoms in total. The molecule has 5 heteroatoms. The van der Waals surface area contributed by atoms with Crippen LogP contribution >= 0.6 is 0 Å². The second-order valence-electron chi connectivity index (χ2n) is 15.9. The van der Waals surface area contributed by atoms with Gasteiger partial charge in [-0.2, -0.15) is 0 Å². The Morgan fingerprint density at radius 2 is 1.36 bits per heavy atom. The average Bonchev–Trinajstić information content (AvgIpc) is 3.50. The Kier molecular flexibility index (Phi) is 6.02. The lowest BCUT2D eigenvalue weighted by molar-refractivity contribution is 0.590. The van der Waals surface area contributed by atoms with E-state index in [1.807, 2.05) is 0 Å². The maximum absolute atomic E-state index is 7.10. The summed E-state index contributed by atoms with van der Waals surface area (Å²) in [7, 11) is -2.00. The fourth-order valence-electron chi connectivity index (χ4n) is 9.02. The van der Waals surface area contributed by atoms with Gasteiger partial charge in [-0.25, -0.2) is 0 Å². The molecule has 3 aliphatic rings. The third kappa shape index (κ3) is 3.93. The summed E-state index contributed by atoms with van der Waals surface area (Å²) in [6.45, 7) is 14.1. The van der Waals surface area contributed by atoms with Gasteiger partial charge in [-0.1, -0.05) is 131 Å². The molecule has 0 bridgehead atoms. The van der Waals surface area contributed by atoms with E-state index in [-0.39, 0.29) is 12.3 Å². The largest absolute Gasteiger partial charge is 0.440 e. The van der Waals surface area contributed by atoms with Crippen LogP contribution in [0.3, 0.4) is 0 Å². The Bertz CT molecular complexity index is 2540. The fourth-order valence-corrected chi connectivity index (χ4v) is 12.0. The summed E-state index contributed by atoms with van der Waals surface area (Å²) in [5, 5.41) is 4.16. The predicted molar refractivity (Wildman–Crippen MR) is 216 cm³/mol. The SMILES string of the molecule is Cc1cc2c3c(c1)N(c1ccc(C(C)(C)C)cc1-c1ccccc1)c1oc4ccccc4c1B3N1c3ccccc3[Si](C)(C)c3cccc-2c31. The summed E-state index contributed by atoms with van der Waals surface area (Å²) in [5.74, 6) is 0.904. The molecule has 4 heterocycles. The van der Waals surface area contributed by atoms with Crippen LogP contribution in [0.4, 0.5) is 28.6 Å². The van der Waals surface area contributed by atoms with E-state index in [2.05, 4.69) is 178 Å². The summed E-state index contributed by atoms with van der Waals surface area (Å²) in [6.07, 6.45) is 0. The van der Waals surface area contributed by atoms with Crippen LogP contribution < -0.4 is 31.0 Å². The highest BCUT2D eigenvalue weighted by Crippen LogP contribution is 2.51. The molecule has 0 saturated carbocycles. The number of nitrogens with zero attached hydrogens (tertiary/aromatic N) is 2. The lowest BCUT2D eigenvalue weighted by atomic mass is 9.43. The Labute approximate surface area is 295 Å². The van der Waals surface area contributed by atoms with Gasteiger partial charge in [-0.3, -0.25) is 4.90 Å². The van der Waals surface area contributed by atoms with Crippen LogP contribution in [0, 0.1) is 6.92 Å². The molecule has 0 radical (unpaired) electrons. The number of benzene rings is 6. The summed E-state index contributed by atoms with van der Waals surface area (Å²) < 4.78 is 7.10. The zero-order valence-electron chi connectivity index (χ0n) is 29.5. The Morgan fingerprint density at radius 3 is 2.18 bits per heavy atom. The molecule has 0 unspecified atom stereocenters. The van der Waals surface area contributed by atoms with Crippen LogP contribution in [0.2, 0.25) is 13.1 Å². The van der Waals surface area contributed by atoms with Crippen molar-refractivity contribution in [3.05, 3.63) is 139 Å². The van der Waals surface area contributed by atoms with E-state index in [0.29, 0.717) is 0 Å². The third-order valence-electron chi connectivity index (χ3n) is 11.4. The van der Waals surface area contributed by atoms with Crippen molar-refractivity contribution in [1.82, 2.24) is 0 Å². The molecule has 7 aromatic rings.